The largest absolute Gasteiger partial charge is 0.443 e. The van der Waals surface area contributed by atoms with Gasteiger partial charge in [0.25, 0.3) is 0 Å². The number of amides is 2. The van der Waals surface area contributed by atoms with Crippen LogP contribution in [0.25, 0.3) is 0 Å². The first kappa shape index (κ1) is 12.0. The zero-order chi connectivity index (χ0) is 11.6. The molecule has 0 spiro atoms. The normalized spacial score (nSPS) is 22.8. The van der Waals surface area contributed by atoms with E-state index in [-0.39, 0.29) is 11.9 Å². The minimum absolute atomic E-state index is 0.0406. The maximum atomic E-state index is 11.7. The van der Waals surface area contributed by atoms with Gasteiger partial charge in [-0.25, -0.2) is 9.69 Å². The van der Waals surface area contributed by atoms with Gasteiger partial charge in [0.1, 0.15) is 5.60 Å². The van der Waals surface area contributed by atoms with Crippen molar-refractivity contribution in [1.29, 1.82) is 0 Å². The van der Waals surface area contributed by atoms with Crippen LogP contribution >= 0.6 is 0 Å². The molecule has 15 heavy (non-hydrogen) atoms. The molecule has 1 fully saturated rings. The van der Waals surface area contributed by atoms with Crippen LogP contribution in [0.4, 0.5) is 4.79 Å². The molecule has 0 bridgehead atoms. The molecule has 1 rings (SSSR count). The van der Waals surface area contributed by atoms with Crippen LogP contribution in [0.1, 0.15) is 47.0 Å². The highest BCUT2D eigenvalue weighted by Gasteiger charge is 2.33. The number of nitrogens with zero attached hydrogens (tertiary/aromatic N) is 1. The molecule has 0 aliphatic carbocycles. The average Bonchev–Trinajstić information content (AvgIpc) is 1.99. The smallest absolute Gasteiger partial charge is 0.417 e. The third-order valence-electron chi connectivity index (χ3n) is 2.31. The van der Waals surface area contributed by atoms with Crippen LogP contribution in [0.5, 0.6) is 0 Å². The molecule has 4 nitrogen and oxygen atoms in total. The van der Waals surface area contributed by atoms with Crippen molar-refractivity contribution in [3.8, 4) is 0 Å². The van der Waals surface area contributed by atoms with Gasteiger partial charge in [-0.1, -0.05) is 0 Å². The van der Waals surface area contributed by atoms with Crippen LogP contribution in [0.3, 0.4) is 0 Å². The monoisotopic (exact) mass is 213 g/mol. The molecule has 1 saturated heterocycles. The highest BCUT2D eigenvalue weighted by Crippen LogP contribution is 2.20. The summed E-state index contributed by atoms with van der Waals surface area (Å²) in [4.78, 5) is 24.5. The minimum atomic E-state index is -0.547. The maximum Gasteiger partial charge on any atom is 0.417 e. The Morgan fingerprint density at radius 1 is 1.47 bits per heavy atom. The van der Waals surface area contributed by atoms with Crippen molar-refractivity contribution in [2.45, 2.75) is 58.6 Å². The first-order chi connectivity index (χ1) is 6.81. The van der Waals surface area contributed by atoms with Gasteiger partial charge >= 0.3 is 6.09 Å². The molecule has 0 N–H and O–H groups in total. The van der Waals surface area contributed by atoms with Crippen molar-refractivity contribution < 1.29 is 14.3 Å². The van der Waals surface area contributed by atoms with E-state index in [2.05, 4.69) is 0 Å². The van der Waals surface area contributed by atoms with Crippen molar-refractivity contribution in [2.75, 3.05) is 0 Å². The van der Waals surface area contributed by atoms with Crippen molar-refractivity contribution in [3.63, 3.8) is 0 Å². The third-order valence-corrected chi connectivity index (χ3v) is 2.31. The summed E-state index contributed by atoms with van der Waals surface area (Å²) in [6, 6.07) is -0.0406. The van der Waals surface area contributed by atoms with E-state index >= 15 is 0 Å². The zero-order valence-corrected chi connectivity index (χ0v) is 9.87. The van der Waals surface area contributed by atoms with Gasteiger partial charge in [0.15, 0.2) is 0 Å². The van der Waals surface area contributed by atoms with E-state index in [1.54, 1.807) is 20.8 Å². The van der Waals surface area contributed by atoms with Gasteiger partial charge in [0.2, 0.25) is 5.91 Å². The molecule has 0 saturated carbocycles. The van der Waals surface area contributed by atoms with Crippen molar-refractivity contribution in [1.82, 2.24) is 4.90 Å². The van der Waals surface area contributed by atoms with Crippen LogP contribution in [-0.2, 0) is 9.53 Å². The quantitative estimate of drug-likeness (QED) is 0.620. The first-order valence-corrected chi connectivity index (χ1v) is 5.36. The molecular formula is C11H19NO3. The predicted octanol–water partition coefficient (Wildman–Crippen LogP) is 2.32. The molecule has 4 heteroatoms. The summed E-state index contributed by atoms with van der Waals surface area (Å²) in [7, 11) is 0. The Balaban J connectivity index is 2.68. The van der Waals surface area contributed by atoms with Crippen LogP contribution < -0.4 is 0 Å². The second-order valence-electron chi connectivity index (χ2n) is 4.99. The molecular weight excluding hydrogens is 194 g/mol. The van der Waals surface area contributed by atoms with Crippen LogP contribution in [-0.4, -0.2) is 28.5 Å². The summed E-state index contributed by atoms with van der Waals surface area (Å²) in [5, 5.41) is 0. The molecule has 1 aliphatic rings. The van der Waals surface area contributed by atoms with Crippen LogP contribution in [0.2, 0.25) is 0 Å². The van der Waals surface area contributed by atoms with Gasteiger partial charge in [0.05, 0.1) is 0 Å². The van der Waals surface area contributed by atoms with Crippen molar-refractivity contribution in [2.24, 2.45) is 0 Å². The lowest BCUT2D eigenvalue weighted by Gasteiger charge is -2.33. The fourth-order valence-corrected chi connectivity index (χ4v) is 1.64. The molecule has 0 aromatic carbocycles. The minimum Gasteiger partial charge on any atom is -0.443 e. The third kappa shape index (κ3) is 3.22. The number of carbonyl (C=O) groups is 2. The molecule has 0 aromatic rings. The average molecular weight is 213 g/mol. The second kappa shape index (κ2) is 4.21. The molecule has 1 unspecified atom stereocenters. The lowest BCUT2D eigenvalue weighted by atomic mass is 10.0. The SMILES string of the molecule is CC1CCCC(=O)N1C(=O)OC(C)(C)C. The second-order valence-corrected chi connectivity index (χ2v) is 4.99. The number of hydrogen-bond acceptors (Lipinski definition) is 3. The molecule has 0 aromatic heterocycles. The van der Waals surface area contributed by atoms with E-state index in [9.17, 15) is 9.59 Å². The molecule has 1 heterocycles. The number of rotatable bonds is 0. The Morgan fingerprint density at radius 2 is 2.07 bits per heavy atom. The predicted molar refractivity (Wildman–Crippen MR) is 56.4 cm³/mol. The summed E-state index contributed by atoms with van der Waals surface area (Å²) in [5.41, 5.74) is -0.547. The number of hydrogen-bond donors (Lipinski definition) is 0. The Bertz CT molecular complexity index is 267. The number of carbonyl (C=O) groups excluding carboxylic acids is 2. The van der Waals surface area contributed by atoms with E-state index in [0.29, 0.717) is 6.42 Å². The maximum absolute atomic E-state index is 11.7. The Hall–Kier alpha value is -1.06. The van der Waals surface area contributed by atoms with Gasteiger partial charge < -0.3 is 4.74 Å². The van der Waals surface area contributed by atoms with E-state index < -0.39 is 11.7 Å². The number of imide groups is 1. The molecule has 2 amide bonds. The number of ether oxygens (including phenoxy) is 1. The van der Waals surface area contributed by atoms with E-state index in [4.69, 9.17) is 4.74 Å². The lowest BCUT2D eigenvalue weighted by molar-refractivity contribution is -0.134. The molecule has 1 aliphatic heterocycles. The van der Waals surface area contributed by atoms with Gasteiger partial charge in [-0.3, -0.25) is 4.79 Å². The number of piperidine rings is 1. The van der Waals surface area contributed by atoms with Crippen LogP contribution in [0, 0.1) is 0 Å². The fourth-order valence-electron chi connectivity index (χ4n) is 1.64. The number of likely N-dealkylation sites (tertiary alicyclic amines) is 1. The first-order valence-electron chi connectivity index (χ1n) is 5.36. The summed E-state index contributed by atoms with van der Waals surface area (Å²) < 4.78 is 5.18. The Labute approximate surface area is 90.6 Å². The molecule has 86 valence electrons. The lowest BCUT2D eigenvalue weighted by Crippen LogP contribution is -2.48. The summed E-state index contributed by atoms with van der Waals surface area (Å²) in [6.45, 7) is 7.26. The van der Waals surface area contributed by atoms with Crippen molar-refractivity contribution in [3.05, 3.63) is 0 Å². The highest BCUT2D eigenvalue weighted by atomic mass is 16.6. The summed E-state index contributed by atoms with van der Waals surface area (Å²) in [5.74, 6) is -0.122. The van der Waals surface area contributed by atoms with E-state index in [1.807, 2.05) is 6.92 Å². The highest BCUT2D eigenvalue weighted by molar-refractivity contribution is 5.93. The standard InChI is InChI=1S/C11H19NO3/c1-8-6-5-7-9(13)12(8)10(14)15-11(2,3)4/h8H,5-7H2,1-4H3. The zero-order valence-electron chi connectivity index (χ0n) is 9.87. The van der Waals surface area contributed by atoms with Gasteiger partial charge in [-0.05, 0) is 40.5 Å². The summed E-state index contributed by atoms with van der Waals surface area (Å²) in [6.07, 6.45) is 1.66. The van der Waals surface area contributed by atoms with Gasteiger partial charge in [-0.2, -0.15) is 0 Å². The fraction of sp³-hybridized carbons (Fsp3) is 0.818. The van der Waals surface area contributed by atoms with Crippen LogP contribution in [0.15, 0.2) is 0 Å². The molecule has 0 radical (unpaired) electrons. The molecule has 1 atom stereocenters. The Kier molecular flexibility index (Phi) is 3.37. The topological polar surface area (TPSA) is 46.6 Å². The van der Waals surface area contributed by atoms with E-state index in [0.717, 1.165) is 12.8 Å². The Morgan fingerprint density at radius 3 is 2.53 bits per heavy atom. The summed E-state index contributed by atoms with van der Waals surface area (Å²) >= 11 is 0. The van der Waals surface area contributed by atoms with E-state index in [1.165, 1.54) is 4.90 Å². The van der Waals surface area contributed by atoms with Crippen molar-refractivity contribution >= 4 is 12.0 Å². The van der Waals surface area contributed by atoms with Gasteiger partial charge in [0, 0.05) is 12.5 Å². The van der Waals surface area contributed by atoms with Gasteiger partial charge in [-0.15, -0.1) is 0 Å².